The molecule has 1 aliphatic heterocycles. The van der Waals surface area contributed by atoms with Crippen LogP contribution in [0.2, 0.25) is 0 Å². The van der Waals surface area contributed by atoms with Gasteiger partial charge in [0.25, 0.3) is 0 Å². The van der Waals surface area contributed by atoms with Crippen molar-refractivity contribution in [2.75, 3.05) is 14.2 Å². The Hall–Kier alpha value is -2.47. The highest BCUT2D eigenvalue weighted by Crippen LogP contribution is 2.48. The molecule has 0 fully saturated rings. The molecular weight excluding hydrogens is 314 g/mol. The van der Waals surface area contributed by atoms with Crippen molar-refractivity contribution < 1.29 is 19.1 Å². The van der Waals surface area contributed by atoms with E-state index in [9.17, 15) is 9.59 Å². The van der Waals surface area contributed by atoms with Gasteiger partial charge >= 0.3 is 11.9 Å². The van der Waals surface area contributed by atoms with E-state index in [1.807, 2.05) is 35.9 Å². The first-order chi connectivity index (χ1) is 11.0. The van der Waals surface area contributed by atoms with Gasteiger partial charge in [0.2, 0.25) is 0 Å². The van der Waals surface area contributed by atoms with Gasteiger partial charge in [-0.25, -0.2) is 9.59 Å². The fraction of sp³-hybridized carbons (Fsp3) is 0.176. The van der Waals surface area contributed by atoms with E-state index in [-0.39, 0.29) is 10.5 Å². The Morgan fingerprint density at radius 2 is 1.78 bits per heavy atom. The highest BCUT2D eigenvalue weighted by atomic mass is 32.2. The van der Waals surface area contributed by atoms with Gasteiger partial charge in [0.05, 0.1) is 24.8 Å². The molecule has 1 aromatic carbocycles. The van der Waals surface area contributed by atoms with Gasteiger partial charge in [-0.2, -0.15) is 0 Å². The molecule has 2 aromatic rings. The number of fused-ring (bicyclic) bond motifs is 3. The molecule has 0 bridgehead atoms. The van der Waals surface area contributed by atoms with Crippen LogP contribution in [0.3, 0.4) is 0 Å². The first-order valence-electron chi connectivity index (χ1n) is 6.87. The van der Waals surface area contributed by atoms with Crippen LogP contribution in [0.15, 0.2) is 46.3 Å². The van der Waals surface area contributed by atoms with Crippen LogP contribution in [0.5, 0.6) is 0 Å². The second-order valence-corrected chi connectivity index (χ2v) is 6.02. The molecule has 0 spiro atoms. The van der Waals surface area contributed by atoms with Crippen molar-refractivity contribution >= 4 is 40.2 Å². The molecule has 0 saturated heterocycles. The van der Waals surface area contributed by atoms with Crippen molar-refractivity contribution in [1.82, 2.24) is 4.57 Å². The topological polar surface area (TPSA) is 57.5 Å². The number of methoxy groups -OCH3 is 2. The maximum atomic E-state index is 12.2. The second-order valence-electron chi connectivity index (χ2n) is 5.02. The molecule has 6 heteroatoms. The summed E-state index contributed by atoms with van der Waals surface area (Å²) in [6.07, 6.45) is 0. The van der Waals surface area contributed by atoms with Gasteiger partial charge in [0.1, 0.15) is 4.91 Å². The van der Waals surface area contributed by atoms with Crippen molar-refractivity contribution in [2.24, 2.45) is 7.05 Å². The summed E-state index contributed by atoms with van der Waals surface area (Å²) in [5.41, 5.74) is 2.48. The van der Waals surface area contributed by atoms with E-state index < -0.39 is 11.9 Å². The average Bonchev–Trinajstić information content (AvgIpc) is 2.86. The van der Waals surface area contributed by atoms with E-state index >= 15 is 0 Å². The zero-order valence-electron chi connectivity index (χ0n) is 13.0. The van der Waals surface area contributed by atoms with Crippen LogP contribution < -0.4 is 0 Å². The highest BCUT2D eigenvalue weighted by molar-refractivity contribution is 8.04. The largest absolute Gasteiger partial charge is 0.465 e. The number of ether oxygens (including phenoxy) is 2. The average molecular weight is 329 g/mol. The maximum absolute atomic E-state index is 12.2. The van der Waals surface area contributed by atoms with Crippen LogP contribution in [0.25, 0.3) is 16.5 Å². The minimum absolute atomic E-state index is 0.160. The summed E-state index contributed by atoms with van der Waals surface area (Å²) in [5.74, 6) is -1.17. The van der Waals surface area contributed by atoms with Crippen LogP contribution in [-0.4, -0.2) is 30.7 Å². The monoisotopic (exact) mass is 329 g/mol. The normalized spacial score (nSPS) is 14.0. The van der Waals surface area contributed by atoms with Crippen LogP contribution in [0, 0.1) is 0 Å². The fourth-order valence-electron chi connectivity index (χ4n) is 2.75. The molecule has 1 aliphatic rings. The third-order valence-corrected chi connectivity index (χ3v) is 5.09. The zero-order chi connectivity index (χ0) is 16.7. The molecule has 23 heavy (non-hydrogen) atoms. The first-order valence-corrected chi connectivity index (χ1v) is 7.68. The Balaban J connectivity index is 2.31. The van der Waals surface area contributed by atoms with E-state index in [4.69, 9.17) is 9.47 Å². The third-order valence-electron chi connectivity index (χ3n) is 3.84. The molecule has 0 amide bonds. The van der Waals surface area contributed by atoms with Gasteiger partial charge in [-0.1, -0.05) is 36.5 Å². The van der Waals surface area contributed by atoms with Gasteiger partial charge in [-0.05, 0) is 11.6 Å². The van der Waals surface area contributed by atoms with E-state index in [0.717, 1.165) is 21.5 Å². The predicted molar refractivity (Wildman–Crippen MR) is 88.9 cm³/mol. The van der Waals surface area contributed by atoms with Gasteiger partial charge in [-0.15, -0.1) is 0 Å². The number of esters is 2. The molecule has 0 N–H and O–H groups in total. The summed E-state index contributed by atoms with van der Waals surface area (Å²) >= 11 is 1.20. The molecular formula is C17H15NO4S. The lowest BCUT2D eigenvalue weighted by Gasteiger charge is -2.20. The number of aromatic nitrogens is 1. The van der Waals surface area contributed by atoms with Crippen molar-refractivity contribution in [3.8, 4) is 0 Å². The number of aryl methyl sites for hydroxylation is 1. The number of carbonyl (C=O) groups is 2. The van der Waals surface area contributed by atoms with Gasteiger partial charge in [-0.3, -0.25) is 0 Å². The predicted octanol–water partition coefficient (Wildman–Crippen LogP) is 2.90. The number of hydrogen-bond donors (Lipinski definition) is 0. The zero-order valence-corrected chi connectivity index (χ0v) is 13.8. The quantitative estimate of drug-likeness (QED) is 0.793. The van der Waals surface area contributed by atoms with E-state index in [1.165, 1.54) is 26.0 Å². The minimum atomic E-state index is -0.596. The summed E-state index contributed by atoms with van der Waals surface area (Å²) in [7, 11) is 4.48. The van der Waals surface area contributed by atoms with Crippen LogP contribution in [0.1, 0.15) is 5.56 Å². The summed E-state index contributed by atoms with van der Waals surface area (Å²) in [4.78, 5) is 24.5. The Bertz CT molecular complexity index is 891. The lowest BCUT2D eigenvalue weighted by molar-refractivity contribution is -0.138. The van der Waals surface area contributed by atoms with Gasteiger partial charge in [0, 0.05) is 23.5 Å². The number of benzene rings is 1. The van der Waals surface area contributed by atoms with Crippen LogP contribution >= 0.6 is 11.8 Å². The van der Waals surface area contributed by atoms with Gasteiger partial charge < -0.3 is 14.0 Å². The van der Waals surface area contributed by atoms with E-state index in [1.54, 1.807) is 0 Å². The summed E-state index contributed by atoms with van der Waals surface area (Å²) < 4.78 is 11.6. The van der Waals surface area contributed by atoms with E-state index in [2.05, 4.69) is 6.58 Å². The highest BCUT2D eigenvalue weighted by Gasteiger charge is 2.35. The number of nitrogens with zero attached hydrogens (tertiary/aromatic N) is 1. The standard InChI is InChI=1S/C17H15NO4S/c1-9-12-10-7-5-6-8-11(10)18(2)15(12)23-14(17(20)22-4)13(9)16(19)21-3/h5-8H,1H2,2-4H3. The molecule has 3 rings (SSSR count). The van der Waals surface area contributed by atoms with E-state index in [0.29, 0.717) is 5.57 Å². The van der Waals surface area contributed by atoms with Gasteiger partial charge in [0.15, 0.2) is 0 Å². The molecule has 0 radical (unpaired) electrons. The summed E-state index contributed by atoms with van der Waals surface area (Å²) in [6, 6.07) is 7.82. The fourth-order valence-corrected chi connectivity index (χ4v) is 3.98. The molecule has 0 atom stereocenters. The SMILES string of the molecule is C=C1C(C(=O)OC)=C(C(=O)OC)Sc2c1c1ccccc1n2C. The molecule has 0 aliphatic carbocycles. The third kappa shape index (κ3) is 2.17. The Morgan fingerprint density at radius 3 is 2.43 bits per heavy atom. The minimum Gasteiger partial charge on any atom is -0.465 e. The number of para-hydroxylation sites is 1. The maximum Gasteiger partial charge on any atom is 0.345 e. The molecule has 2 heterocycles. The van der Waals surface area contributed by atoms with Crippen molar-refractivity contribution in [3.63, 3.8) is 0 Å². The number of carbonyl (C=O) groups excluding carboxylic acids is 2. The summed E-state index contributed by atoms with van der Waals surface area (Å²) in [6.45, 7) is 4.04. The molecule has 0 saturated carbocycles. The smallest absolute Gasteiger partial charge is 0.345 e. The van der Waals surface area contributed by atoms with Crippen molar-refractivity contribution in [1.29, 1.82) is 0 Å². The summed E-state index contributed by atoms with van der Waals surface area (Å²) in [5, 5.41) is 1.83. The lowest BCUT2D eigenvalue weighted by atomic mass is 9.98. The molecule has 5 nitrogen and oxygen atoms in total. The lowest BCUT2D eigenvalue weighted by Crippen LogP contribution is -2.17. The van der Waals surface area contributed by atoms with Crippen molar-refractivity contribution in [3.05, 3.63) is 46.9 Å². The molecule has 1 aromatic heterocycles. The van der Waals surface area contributed by atoms with Crippen molar-refractivity contribution in [2.45, 2.75) is 5.03 Å². The Morgan fingerprint density at radius 1 is 1.13 bits per heavy atom. The van der Waals surface area contributed by atoms with Crippen LogP contribution in [0.4, 0.5) is 0 Å². The number of thioether (sulfide) groups is 1. The van der Waals surface area contributed by atoms with Crippen LogP contribution in [-0.2, 0) is 26.1 Å². The second kappa shape index (κ2) is 5.62. The molecule has 118 valence electrons. The Kier molecular flexibility index (Phi) is 3.77. The Labute approximate surface area is 137 Å². The number of rotatable bonds is 2. The first kappa shape index (κ1) is 15.4. The number of hydrogen-bond acceptors (Lipinski definition) is 5. The molecule has 0 unspecified atom stereocenters.